The lowest BCUT2D eigenvalue weighted by Gasteiger charge is -2.23. The van der Waals surface area contributed by atoms with E-state index in [4.69, 9.17) is 4.74 Å². The fourth-order valence-electron chi connectivity index (χ4n) is 1.85. The normalized spacial score (nSPS) is 24.6. The Morgan fingerprint density at radius 2 is 2.14 bits per heavy atom. The Morgan fingerprint density at radius 1 is 1.14 bits per heavy atom. The highest BCUT2D eigenvalue weighted by Gasteiger charge is 2.14. The van der Waals surface area contributed by atoms with Crippen molar-refractivity contribution in [1.82, 2.24) is 10.2 Å². The predicted molar refractivity (Wildman–Crippen MR) is 56.5 cm³/mol. The Balaban J connectivity index is 1.93. The summed E-state index contributed by atoms with van der Waals surface area (Å²) < 4.78 is 5.42. The molecule has 0 atom stereocenters. The van der Waals surface area contributed by atoms with Crippen molar-refractivity contribution >= 4 is 5.96 Å². The number of guanidine groups is 1. The lowest BCUT2D eigenvalue weighted by Crippen LogP contribution is -2.42. The molecule has 4 heteroatoms. The first-order chi connectivity index (χ1) is 6.97. The number of hydrogen-bond acceptors (Lipinski definition) is 4. The minimum atomic E-state index is 0.834. The molecule has 2 aliphatic heterocycles. The van der Waals surface area contributed by atoms with E-state index < -0.39 is 0 Å². The molecular formula is C10H19N3O. The van der Waals surface area contributed by atoms with E-state index >= 15 is 0 Å². The standard InChI is InChI=1S/C10H19N3O/c1-2-5-12-10(11-4-1)13-6-3-8-14-9-7-13/h1-9H2,(H,11,12). The highest BCUT2D eigenvalue weighted by Crippen LogP contribution is 2.02. The molecule has 1 N–H and O–H groups in total. The van der Waals surface area contributed by atoms with Crippen molar-refractivity contribution in [3.63, 3.8) is 0 Å². The van der Waals surface area contributed by atoms with Gasteiger partial charge in [0.2, 0.25) is 0 Å². The molecule has 0 aliphatic carbocycles. The topological polar surface area (TPSA) is 36.9 Å². The van der Waals surface area contributed by atoms with Gasteiger partial charge in [0.1, 0.15) is 0 Å². The molecule has 2 heterocycles. The minimum Gasteiger partial charge on any atom is -0.380 e. The summed E-state index contributed by atoms with van der Waals surface area (Å²) in [5.74, 6) is 1.09. The molecule has 0 bridgehead atoms. The number of aliphatic imine (C=N–C) groups is 1. The van der Waals surface area contributed by atoms with E-state index in [1.54, 1.807) is 0 Å². The van der Waals surface area contributed by atoms with Crippen LogP contribution in [-0.2, 0) is 4.74 Å². The van der Waals surface area contributed by atoms with Crippen LogP contribution in [0.2, 0.25) is 0 Å². The second-order valence-corrected chi connectivity index (χ2v) is 3.79. The minimum absolute atomic E-state index is 0.834. The van der Waals surface area contributed by atoms with E-state index in [0.717, 1.165) is 51.8 Å². The molecule has 0 spiro atoms. The third kappa shape index (κ3) is 2.61. The summed E-state index contributed by atoms with van der Waals surface area (Å²) in [6, 6.07) is 0. The SMILES string of the molecule is C1CCNC(N2CCCOCC2)=NC1. The highest BCUT2D eigenvalue weighted by molar-refractivity contribution is 5.80. The Kier molecular flexibility index (Phi) is 3.63. The van der Waals surface area contributed by atoms with Crippen molar-refractivity contribution in [3.8, 4) is 0 Å². The van der Waals surface area contributed by atoms with Crippen molar-refractivity contribution in [1.29, 1.82) is 0 Å². The van der Waals surface area contributed by atoms with E-state index in [1.165, 1.54) is 12.8 Å². The molecule has 0 aromatic carbocycles. The molecule has 2 aliphatic rings. The summed E-state index contributed by atoms with van der Waals surface area (Å²) >= 11 is 0. The molecule has 14 heavy (non-hydrogen) atoms. The molecule has 80 valence electrons. The van der Waals surface area contributed by atoms with Crippen LogP contribution >= 0.6 is 0 Å². The largest absolute Gasteiger partial charge is 0.380 e. The maximum Gasteiger partial charge on any atom is 0.194 e. The maximum atomic E-state index is 5.42. The van der Waals surface area contributed by atoms with Gasteiger partial charge < -0.3 is 15.0 Å². The van der Waals surface area contributed by atoms with Crippen molar-refractivity contribution in [2.75, 3.05) is 39.4 Å². The van der Waals surface area contributed by atoms with Crippen LogP contribution in [0.15, 0.2) is 4.99 Å². The molecule has 1 fully saturated rings. The molecule has 4 nitrogen and oxygen atoms in total. The Hall–Kier alpha value is -0.770. The zero-order valence-electron chi connectivity index (χ0n) is 8.67. The van der Waals surface area contributed by atoms with Gasteiger partial charge >= 0.3 is 0 Å². The summed E-state index contributed by atoms with van der Waals surface area (Å²) in [6.45, 7) is 5.82. The molecule has 0 aromatic rings. The van der Waals surface area contributed by atoms with Crippen LogP contribution in [0.3, 0.4) is 0 Å². The lowest BCUT2D eigenvalue weighted by molar-refractivity contribution is 0.147. The first-order valence-corrected chi connectivity index (χ1v) is 5.58. The second kappa shape index (κ2) is 5.20. The number of nitrogens with zero attached hydrogens (tertiary/aromatic N) is 2. The van der Waals surface area contributed by atoms with Gasteiger partial charge in [0.25, 0.3) is 0 Å². The second-order valence-electron chi connectivity index (χ2n) is 3.79. The van der Waals surface area contributed by atoms with Crippen molar-refractivity contribution in [2.45, 2.75) is 19.3 Å². The van der Waals surface area contributed by atoms with Gasteiger partial charge in [-0.1, -0.05) is 0 Å². The number of rotatable bonds is 0. The Labute approximate surface area is 85.3 Å². The van der Waals surface area contributed by atoms with Crippen LogP contribution in [0.25, 0.3) is 0 Å². The quantitative estimate of drug-likeness (QED) is 0.612. The first kappa shape index (κ1) is 9.77. The molecule has 1 saturated heterocycles. The summed E-state index contributed by atoms with van der Waals surface area (Å²) in [5.41, 5.74) is 0. The Morgan fingerprint density at radius 3 is 3.14 bits per heavy atom. The van der Waals surface area contributed by atoms with Gasteiger partial charge in [0.15, 0.2) is 5.96 Å². The Bertz CT molecular complexity index is 198. The lowest BCUT2D eigenvalue weighted by atomic mass is 10.3. The maximum absolute atomic E-state index is 5.42. The van der Waals surface area contributed by atoms with E-state index in [2.05, 4.69) is 15.2 Å². The van der Waals surface area contributed by atoms with Gasteiger partial charge in [-0.25, -0.2) is 0 Å². The third-order valence-corrected chi connectivity index (χ3v) is 2.65. The summed E-state index contributed by atoms with van der Waals surface area (Å²) in [4.78, 5) is 6.88. The summed E-state index contributed by atoms with van der Waals surface area (Å²) in [6.07, 6.45) is 3.55. The third-order valence-electron chi connectivity index (χ3n) is 2.65. The van der Waals surface area contributed by atoms with Gasteiger partial charge in [-0.05, 0) is 19.3 Å². The first-order valence-electron chi connectivity index (χ1n) is 5.58. The van der Waals surface area contributed by atoms with E-state index in [9.17, 15) is 0 Å². The fourth-order valence-corrected chi connectivity index (χ4v) is 1.85. The number of nitrogens with one attached hydrogen (secondary N) is 1. The fraction of sp³-hybridized carbons (Fsp3) is 0.900. The van der Waals surface area contributed by atoms with Crippen LogP contribution in [-0.4, -0.2) is 50.3 Å². The van der Waals surface area contributed by atoms with Crippen LogP contribution in [0.5, 0.6) is 0 Å². The average Bonchev–Trinajstić information content (AvgIpc) is 2.62. The monoisotopic (exact) mass is 197 g/mol. The summed E-state index contributed by atoms with van der Waals surface area (Å²) in [7, 11) is 0. The van der Waals surface area contributed by atoms with Gasteiger partial charge in [-0.3, -0.25) is 4.99 Å². The van der Waals surface area contributed by atoms with E-state index in [0.29, 0.717) is 0 Å². The van der Waals surface area contributed by atoms with Gasteiger partial charge in [0, 0.05) is 32.8 Å². The van der Waals surface area contributed by atoms with Gasteiger partial charge in [-0.15, -0.1) is 0 Å². The molecule has 0 unspecified atom stereocenters. The number of hydrogen-bond donors (Lipinski definition) is 1. The molecule has 0 aromatic heterocycles. The van der Waals surface area contributed by atoms with E-state index in [1.807, 2.05) is 0 Å². The highest BCUT2D eigenvalue weighted by atomic mass is 16.5. The van der Waals surface area contributed by atoms with Crippen LogP contribution < -0.4 is 5.32 Å². The molecule has 0 saturated carbocycles. The smallest absolute Gasteiger partial charge is 0.194 e. The van der Waals surface area contributed by atoms with Crippen LogP contribution in [0, 0.1) is 0 Å². The molecular weight excluding hydrogens is 178 g/mol. The van der Waals surface area contributed by atoms with Gasteiger partial charge in [0.05, 0.1) is 6.61 Å². The number of ether oxygens (including phenoxy) is 1. The summed E-state index contributed by atoms with van der Waals surface area (Å²) in [5, 5.41) is 3.40. The van der Waals surface area contributed by atoms with Crippen molar-refractivity contribution in [2.24, 2.45) is 4.99 Å². The predicted octanol–water partition coefficient (Wildman–Crippen LogP) is 0.448. The zero-order valence-corrected chi connectivity index (χ0v) is 8.67. The van der Waals surface area contributed by atoms with Crippen molar-refractivity contribution in [3.05, 3.63) is 0 Å². The van der Waals surface area contributed by atoms with Crippen molar-refractivity contribution < 1.29 is 4.74 Å². The van der Waals surface area contributed by atoms with E-state index in [-0.39, 0.29) is 0 Å². The molecule has 0 amide bonds. The van der Waals surface area contributed by atoms with Gasteiger partial charge in [-0.2, -0.15) is 0 Å². The molecule has 2 rings (SSSR count). The van der Waals surface area contributed by atoms with Crippen LogP contribution in [0.1, 0.15) is 19.3 Å². The molecule has 0 radical (unpaired) electrons. The zero-order chi connectivity index (χ0) is 9.64. The average molecular weight is 197 g/mol. The van der Waals surface area contributed by atoms with Crippen LogP contribution in [0.4, 0.5) is 0 Å².